The highest BCUT2D eigenvalue weighted by Gasteiger charge is 2.47. The monoisotopic (exact) mass is 414 g/mol. The third-order valence-corrected chi connectivity index (χ3v) is 3.76. The molecule has 0 aromatic carbocycles. The van der Waals surface area contributed by atoms with Crippen molar-refractivity contribution in [1.82, 2.24) is 0 Å². The van der Waals surface area contributed by atoms with Crippen molar-refractivity contribution in [3.05, 3.63) is 0 Å². The first-order chi connectivity index (χ1) is 13.1. The predicted octanol–water partition coefficient (Wildman–Crippen LogP) is -0.926. The Hall–Kier alpha value is -1.04. The second kappa shape index (κ2) is 12.3. The van der Waals surface area contributed by atoms with Gasteiger partial charge in [0.2, 0.25) is 0 Å². The van der Waals surface area contributed by atoms with E-state index in [9.17, 15) is 19.2 Å². The summed E-state index contributed by atoms with van der Waals surface area (Å²) in [7, 11) is 0. The first-order valence-electron chi connectivity index (χ1n) is 8.81. The standard InChI is InChI=1S/C14H19BrO9/c15-14-13(23-8-4-19)12(22-7-3-18)11(21-6-2-17)10(24-14)9-20-5-1-16/h1-4,10-14H,5-9H2/t10-,11-,12+,13+,14?/m1/s1/i1D,2D,3D,4D. The van der Waals surface area contributed by atoms with Gasteiger partial charge in [0.25, 0.3) is 0 Å². The summed E-state index contributed by atoms with van der Waals surface area (Å²) in [6.07, 6.45) is -8.47. The van der Waals surface area contributed by atoms with Gasteiger partial charge in [-0.15, -0.1) is 0 Å². The predicted molar refractivity (Wildman–Crippen MR) is 81.9 cm³/mol. The second-order valence-electron chi connectivity index (χ2n) is 4.45. The van der Waals surface area contributed by atoms with E-state index in [2.05, 4.69) is 15.9 Å². The number of carbonyl (C=O) groups is 4. The summed E-state index contributed by atoms with van der Waals surface area (Å²) in [6, 6.07) is 0. The first kappa shape index (κ1) is 15.2. The van der Waals surface area contributed by atoms with Crippen molar-refractivity contribution in [2.75, 3.05) is 33.0 Å². The van der Waals surface area contributed by atoms with Crippen molar-refractivity contribution < 1.29 is 48.3 Å². The molecule has 136 valence electrons. The van der Waals surface area contributed by atoms with Gasteiger partial charge in [-0.25, -0.2) is 0 Å². The molecule has 0 aromatic heterocycles. The molecule has 1 unspecified atom stereocenters. The normalized spacial score (nSPS) is 32.1. The molecule has 0 saturated carbocycles. The molecule has 5 atom stereocenters. The Morgan fingerprint density at radius 1 is 0.833 bits per heavy atom. The van der Waals surface area contributed by atoms with E-state index in [-0.39, 0.29) is 6.61 Å². The average molecular weight is 415 g/mol. The van der Waals surface area contributed by atoms with E-state index in [0.29, 0.717) is 0 Å². The smallest absolute Gasteiger partial charge is 0.145 e. The van der Waals surface area contributed by atoms with Crippen LogP contribution in [0.4, 0.5) is 0 Å². The minimum absolute atomic E-state index is 0.262. The highest BCUT2D eigenvalue weighted by atomic mass is 79.9. The third-order valence-electron chi connectivity index (χ3n) is 3.02. The first-order valence-corrected chi connectivity index (χ1v) is 7.73. The minimum Gasteiger partial charge on any atom is -0.371 e. The molecule has 0 radical (unpaired) electrons. The lowest BCUT2D eigenvalue weighted by molar-refractivity contribution is -0.240. The molecule has 24 heavy (non-hydrogen) atoms. The maximum Gasteiger partial charge on any atom is 0.145 e. The fraction of sp³-hybridized carbons (Fsp3) is 0.714. The van der Waals surface area contributed by atoms with Crippen molar-refractivity contribution >= 4 is 41.0 Å². The fourth-order valence-corrected chi connectivity index (χ4v) is 2.90. The summed E-state index contributed by atoms with van der Waals surface area (Å²) in [5, 5.41) is -0.926. The molecule has 1 heterocycles. The van der Waals surface area contributed by atoms with Crippen LogP contribution < -0.4 is 0 Å². The van der Waals surface area contributed by atoms with Gasteiger partial charge in [-0.05, 0) is 0 Å². The van der Waals surface area contributed by atoms with E-state index in [1.807, 2.05) is 0 Å². The largest absolute Gasteiger partial charge is 0.371 e. The Bertz CT molecular complexity index is 579. The van der Waals surface area contributed by atoms with Crippen molar-refractivity contribution in [2.24, 2.45) is 0 Å². The summed E-state index contributed by atoms with van der Waals surface area (Å²) in [6.45, 7) is -2.73. The summed E-state index contributed by atoms with van der Waals surface area (Å²) in [5.74, 6) is 0. The van der Waals surface area contributed by atoms with Gasteiger partial charge in [0.1, 0.15) is 86.4 Å². The van der Waals surface area contributed by atoms with Crippen molar-refractivity contribution in [1.29, 1.82) is 0 Å². The molecular weight excluding hydrogens is 392 g/mol. The molecule has 0 aromatic rings. The van der Waals surface area contributed by atoms with Crippen molar-refractivity contribution in [3.63, 3.8) is 0 Å². The fourth-order valence-electron chi connectivity index (χ4n) is 2.17. The van der Waals surface area contributed by atoms with Crippen LogP contribution in [0.1, 0.15) is 5.48 Å². The molecule has 0 aliphatic carbocycles. The van der Waals surface area contributed by atoms with Crippen LogP contribution in [0, 0.1) is 0 Å². The maximum atomic E-state index is 11.0. The topological polar surface area (TPSA) is 114 Å². The molecule has 1 saturated heterocycles. The molecular formula is C14H19BrO9. The zero-order valence-electron chi connectivity index (χ0n) is 16.5. The number of aldehydes is 4. The van der Waals surface area contributed by atoms with Crippen LogP contribution in [0.25, 0.3) is 0 Å². The van der Waals surface area contributed by atoms with Crippen LogP contribution >= 0.6 is 15.9 Å². The third kappa shape index (κ3) is 6.46. The Morgan fingerprint density at radius 2 is 1.33 bits per heavy atom. The number of halogens is 1. The molecule has 9 nitrogen and oxygen atoms in total. The van der Waals surface area contributed by atoms with Gasteiger partial charge < -0.3 is 42.9 Å². The lowest BCUT2D eigenvalue weighted by Crippen LogP contribution is -2.60. The van der Waals surface area contributed by atoms with E-state index < -0.39 is 80.9 Å². The maximum absolute atomic E-state index is 11.0. The van der Waals surface area contributed by atoms with E-state index in [1.165, 1.54) is 0 Å². The lowest BCUT2D eigenvalue weighted by atomic mass is 9.99. The Morgan fingerprint density at radius 3 is 1.88 bits per heavy atom. The van der Waals surface area contributed by atoms with Gasteiger partial charge in [-0.1, -0.05) is 15.9 Å². The Balaban J connectivity index is 3.03. The molecule has 1 aliphatic heterocycles. The van der Waals surface area contributed by atoms with Gasteiger partial charge in [0.05, 0.1) is 6.61 Å². The van der Waals surface area contributed by atoms with Crippen LogP contribution in [-0.2, 0) is 42.9 Å². The molecule has 0 amide bonds. The van der Waals surface area contributed by atoms with Crippen LogP contribution in [0.15, 0.2) is 0 Å². The van der Waals surface area contributed by atoms with Crippen molar-refractivity contribution in [3.8, 4) is 0 Å². The molecule has 0 spiro atoms. The van der Waals surface area contributed by atoms with E-state index in [1.54, 1.807) is 0 Å². The van der Waals surface area contributed by atoms with E-state index in [4.69, 9.17) is 29.2 Å². The van der Waals surface area contributed by atoms with Gasteiger partial charge >= 0.3 is 0 Å². The summed E-state index contributed by atoms with van der Waals surface area (Å²) < 4.78 is 54.4. The summed E-state index contributed by atoms with van der Waals surface area (Å²) in [5.41, 5.74) is 0. The molecule has 10 heteroatoms. The lowest BCUT2D eigenvalue weighted by Gasteiger charge is -2.43. The highest BCUT2D eigenvalue weighted by Crippen LogP contribution is 2.31. The SMILES string of the molecule is [2H]C(=O)COC[C@H]1OC(Br)[C@@H](OCC([2H])=O)[C@@H](OCC([2H])=O)[C@@H]1OCC([2H])=O. The second-order valence-corrected chi connectivity index (χ2v) is 5.35. The number of ether oxygens (including phenoxy) is 5. The number of alkyl halides is 1. The summed E-state index contributed by atoms with van der Waals surface area (Å²) >= 11 is 3.17. The number of hydrogen-bond acceptors (Lipinski definition) is 9. The number of rotatable bonds is 13. The average Bonchev–Trinajstić information content (AvgIpc) is 2.57. The Labute approximate surface area is 152 Å². The van der Waals surface area contributed by atoms with E-state index >= 15 is 0 Å². The van der Waals surface area contributed by atoms with E-state index in [0.717, 1.165) is 0 Å². The molecule has 1 rings (SSSR count). The zero-order valence-corrected chi connectivity index (χ0v) is 14.1. The van der Waals surface area contributed by atoms with Gasteiger partial charge in [-0.3, -0.25) is 0 Å². The van der Waals surface area contributed by atoms with Crippen LogP contribution in [0.2, 0.25) is 0 Å². The molecule has 0 N–H and O–H groups in total. The summed E-state index contributed by atoms with van der Waals surface area (Å²) in [4.78, 5) is 43.7. The molecule has 0 bridgehead atoms. The number of hydrogen-bond donors (Lipinski definition) is 0. The quantitative estimate of drug-likeness (QED) is 0.278. The zero-order chi connectivity index (χ0) is 21.3. The van der Waals surface area contributed by atoms with Crippen LogP contribution in [0.5, 0.6) is 0 Å². The van der Waals surface area contributed by atoms with Gasteiger partial charge in [-0.2, -0.15) is 0 Å². The highest BCUT2D eigenvalue weighted by molar-refractivity contribution is 9.09. The van der Waals surface area contributed by atoms with Crippen molar-refractivity contribution in [2.45, 2.75) is 29.4 Å². The van der Waals surface area contributed by atoms with Crippen LogP contribution in [-0.4, -0.2) is 87.5 Å². The minimum atomic E-state index is -1.15. The van der Waals surface area contributed by atoms with Gasteiger partial charge in [0.15, 0.2) is 0 Å². The molecule has 1 fully saturated rings. The number of carbonyl (C=O) groups excluding carboxylic acids is 4. The molecule has 1 aliphatic rings. The van der Waals surface area contributed by atoms with Gasteiger partial charge in [0, 0.05) is 0 Å². The Kier molecular flexibility index (Phi) is 7.83. The van der Waals surface area contributed by atoms with Crippen LogP contribution in [0.3, 0.4) is 0 Å².